The zero-order chi connectivity index (χ0) is 33.0. The van der Waals surface area contributed by atoms with E-state index in [1.807, 2.05) is 84.9 Å². The van der Waals surface area contributed by atoms with Gasteiger partial charge in [-0.05, 0) is 95.1 Å². The molecule has 9 rings (SSSR count). The molecule has 234 valence electrons. The predicted molar refractivity (Wildman–Crippen MR) is 184 cm³/mol. The summed E-state index contributed by atoms with van der Waals surface area (Å²) in [5.41, 5.74) is 10.2. The Morgan fingerprint density at radius 1 is 0.429 bits per heavy atom. The average Bonchev–Trinajstić information content (AvgIpc) is 3.91. The molecule has 6 heterocycles. The Kier molecular flexibility index (Phi) is 6.54. The van der Waals surface area contributed by atoms with Crippen LogP contribution in [0.3, 0.4) is 0 Å². The standard InChI is InChI=1S/C39H26N8O2/c1-39(2)27-21-23(35-44-46-37(48-35)33-13-7-11-31(42-33)29-9-3-5-19-40-29)15-17-25(27)26-18-16-24(22-28(26)39)36-45-47-38(49-36)34-14-8-12-32(43-34)30-10-4-6-20-41-30/h3-22H,1-2H3. The van der Waals surface area contributed by atoms with Crippen LogP contribution in [0.25, 0.3) is 80.0 Å². The largest absolute Gasteiger partial charge is 0.415 e. The SMILES string of the molecule is CC1(C)c2cc(-c3nnc(-c4cccc(-c5ccccn5)n4)o3)ccc2-c2ccc(-c3nnc(-c4cccc(-c5ccccn5)n4)o3)cc21. The van der Waals surface area contributed by atoms with E-state index in [-0.39, 0.29) is 5.41 Å². The zero-order valence-electron chi connectivity index (χ0n) is 26.4. The Bertz CT molecular complexity index is 2320. The predicted octanol–water partition coefficient (Wildman–Crippen LogP) is 8.34. The first kappa shape index (κ1) is 28.5. The maximum absolute atomic E-state index is 6.16. The van der Waals surface area contributed by atoms with E-state index in [1.54, 1.807) is 12.4 Å². The van der Waals surface area contributed by atoms with Crippen molar-refractivity contribution in [3.63, 3.8) is 0 Å². The molecule has 0 saturated carbocycles. The van der Waals surface area contributed by atoms with Gasteiger partial charge >= 0.3 is 0 Å². The van der Waals surface area contributed by atoms with Crippen molar-refractivity contribution in [1.29, 1.82) is 0 Å². The van der Waals surface area contributed by atoms with Gasteiger partial charge in [-0.3, -0.25) is 9.97 Å². The highest BCUT2D eigenvalue weighted by Crippen LogP contribution is 2.50. The van der Waals surface area contributed by atoms with E-state index in [4.69, 9.17) is 18.8 Å². The van der Waals surface area contributed by atoms with E-state index in [2.05, 4.69) is 68.5 Å². The Balaban J connectivity index is 0.999. The Morgan fingerprint density at radius 2 is 0.857 bits per heavy atom. The summed E-state index contributed by atoms with van der Waals surface area (Å²) in [4.78, 5) is 18.2. The number of aromatic nitrogens is 8. The molecule has 0 saturated heterocycles. The second kappa shape index (κ2) is 11.2. The lowest BCUT2D eigenvalue weighted by atomic mass is 9.81. The van der Waals surface area contributed by atoms with Gasteiger partial charge in [0.15, 0.2) is 0 Å². The van der Waals surface area contributed by atoms with Gasteiger partial charge in [-0.2, -0.15) is 0 Å². The van der Waals surface area contributed by atoms with Crippen molar-refractivity contribution < 1.29 is 8.83 Å². The molecule has 1 aliphatic rings. The third-order valence-corrected chi connectivity index (χ3v) is 8.81. The van der Waals surface area contributed by atoms with Crippen LogP contribution in [0.2, 0.25) is 0 Å². The fraction of sp³-hybridized carbons (Fsp3) is 0.0769. The van der Waals surface area contributed by atoms with Crippen LogP contribution in [-0.2, 0) is 5.41 Å². The molecule has 0 bridgehead atoms. The van der Waals surface area contributed by atoms with E-state index < -0.39 is 0 Å². The Hall–Kier alpha value is -6.68. The lowest BCUT2D eigenvalue weighted by Crippen LogP contribution is -2.15. The fourth-order valence-electron chi connectivity index (χ4n) is 6.31. The molecule has 0 radical (unpaired) electrons. The molecule has 2 aromatic carbocycles. The highest BCUT2D eigenvalue weighted by Gasteiger charge is 2.36. The molecule has 10 nitrogen and oxygen atoms in total. The third kappa shape index (κ3) is 4.97. The summed E-state index contributed by atoms with van der Waals surface area (Å²) in [6.07, 6.45) is 3.49. The molecule has 0 N–H and O–H groups in total. The van der Waals surface area contributed by atoms with Crippen LogP contribution in [0.5, 0.6) is 0 Å². The molecule has 10 heteroatoms. The van der Waals surface area contributed by atoms with Gasteiger partial charge in [-0.25, -0.2) is 9.97 Å². The molecule has 8 aromatic rings. The molecule has 0 fully saturated rings. The monoisotopic (exact) mass is 638 g/mol. The lowest BCUT2D eigenvalue weighted by Gasteiger charge is -2.22. The Morgan fingerprint density at radius 3 is 1.31 bits per heavy atom. The number of fused-ring (bicyclic) bond motifs is 3. The minimum absolute atomic E-state index is 0.320. The summed E-state index contributed by atoms with van der Waals surface area (Å²) >= 11 is 0. The van der Waals surface area contributed by atoms with Crippen LogP contribution in [0, 0.1) is 0 Å². The van der Waals surface area contributed by atoms with Gasteiger partial charge in [-0.1, -0.05) is 50.2 Å². The van der Waals surface area contributed by atoms with Crippen LogP contribution >= 0.6 is 0 Å². The van der Waals surface area contributed by atoms with E-state index in [0.717, 1.165) is 56.2 Å². The fourth-order valence-corrected chi connectivity index (χ4v) is 6.31. The van der Waals surface area contributed by atoms with Gasteiger partial charge < -0.3 is 8.83 Å². The molecular formula is C39H26N8O2. The van der Waals surface area contributed by atoms with E-state index in [9.17, 15) is 0 Å². The number of benzene rings is 2. The van der Waals surface area contributed by atoms with Crippen LogP contribution in [0.4, 0.5) is 0 Å². The quantitative estimate of drug-likeness (QED) is 0.175. The van der Waals surface area contributed by atoms with Crippen molar-refractivity contribution in [2.75, 3.05) is 0 Å². The molecule has 0 unspecified atom stereocenters. The summed E-state index contributed by atoms with van der Waals surface area (Å²) in [6.45, 7) is 4.42. The van der Waals surface area contributed by atoms with E-state index in [0.29, 0.717) is 35.0 Å². The topological polar surface area (TPSA) is 129 Å². The van der Waals surface area contributed by atoms with Crippen molar-refractivity contribution in [2.24, 2.45) is 0 Å². The second-order valence-corrected chi connectivity index (χ2v) is 12.2. The first-order valence-corrected chi connectivity index (χ1v) is 15.8. The first-order chi connectivity index (χ1) is 24.0. The molecule has 0 atom stereocenters. The van der Waals surface area contributed by atoms with Crippen molar-refractivity contribution in [3.05, 3.63) is 133 Å². The molecule has 0 spiro atoms. The number of hydrogen-bond acceptors (Lipinski definition) is 10. The van der Waals surface area contributed by atoms with Crippen LogP contribution in [0.15, 0.2) is 130 Å². The number of nitrogens with zero attached hydrogens (tertiary/aromatic N) is 8. The van der Waals surface area contributed by atoms with Crippen molar-refractivity contribution >= 4 is 0 Å². The van der Waals surface area contributed by atoms with Crippen molar-refractivity contribution in [3.8, 4) is 80.0 Å². The summed E-state index contributed by atoms with van der Waals surface area (Å²) in [5.74, 6) is 1.54. The number of pyridine rings is 4. The molecule has 0 aliphatic heterocycles. The maximum Gasteiger partial charge on any atom is 0.266 e. The van der Waals surface area contributed by atoms with Gasteiger partial charge in [0.05, 0.1) is 22.8 Å². The highest BCUT2D eigenvalue weighted by atomic mass is 16.4. The van der Waals surface area contributed by atoms with Gasteiger partial charge in [0, 0.05) is 28.9 Å². The molecule has 1 aliphatic carbocycles. The number of hydrogen-bond donors (Lipinski definition) is 0. The summed E-state index contributed by atoms with van der Waals surface area (Å²) in [6, 6.07) is 35.3. The highest BCUT2D eigenvalue weighted by molar-refractivity contribution is 5.84. The zero-order valence-corrected chi connectivity index (χ0v) is 26.4. The summed E-state index contributed by atoms with van der Waals surface area (Å²) in [7, 11) is 0. The normalized spacial score (nSPS) is 12.9. The molecular weight excluding hydrogens is 612 g/mol. The van der Waals surface area contributed by atoms with E-state index in [1.165, 1.54) is 0 Å². The minimum atomic E-state index is -0.320. The molecule has 0 amide bonds. The summed E-state index contributed by atoms with van der Waals surface area (Å²) in [5, 5.41) is 17.4. The van der Waals surface area contributed by atoms with Gasteiger partial charge in [0.25, 0.3) is 11.8 Å². The lowest BCUT2D eigenvalue weighted by molar-refractivity contribution is 0.581. The van der Waals surface area contributed by atoms with Crippen LogP contribution in [0.1, 0.15) is 25.0 Å². The maximum atomic E-state index is 6.16. The summed E-state index contributed by atoms with van der Waals surface area (Å²) < 4.78 is 12.3. The van der Waals surface area contributed by atoms with Crippen molar-refractivity contribution in [2.45, 2.75) is 19.3 Å². The average molecular weight is 639 g/mol. The smallest absolute Gasteiger partial charge is 0.266 e. The van der Waals surface area contributed by atoms with Crippen LogP contribution in [-0.4, -0.2) is 40.3 Å². The van der Waals surface area contributed by atoms with Gasteiger partial charge in [-0.15, -0.1) is 20.4 Å². The molecule has 6 aromatic heterocycles. The second-order valence-electron chi connectivity index (χ2n) is 12.2. The van der Waals surface area contributed by atoms with Crippen molar-refractivity contribution in [1.82, 2.24) is 40.3 Å². The number of rotatable bonds is 6. The molecule has 49 heavy (non-hydrogen) atoms. The van der Waals surface area contributed by atoms with Crippen LogP contribution < -0.4 is 0 Å². The van der Waals surface area contributed by atoms with Gasteiger partial charge in [0.1, 0.15) is 11.4 Å². The third-order valence-electron chi connectivity index (χ3n) is 8.81. The first-order valence-electron chi connectivity index (χ1n) is 15.8. The Labute approximate surface area is 280 Å². The van der Waals surface area contributed by atoms with E-state index >= 15 is 0 Å². The van der Waals surface area contributed by atoms with Gasteiger partial charge in [0.2, 0.25) is 11.8 Å². The minimum Gasteiger partial charge on any atom is -0.415 e.